The molecule has 3 aromatic rings. The maximum atomic E-state index is 13.2. The number of rotatable bonds is 19. The van der Waals surface area contributed by atoms with E-state index in [9.17, 15) is 78.3 Å². The number of carboxylic acids is 1. The van der Waals surface area contributed by atoms with Crippen LogP contribution in [0.4, 0.5) is 9.59 Å². The number of nitrogens with zero attached hydrogens (tertiary/aromatic N) is 13. The van der Waals surface area contributed by atoms with Gasteiger partial charge in [0.15, 0.2) is 6.04 Å². The maximum absolute atomic E-state index is 13.2. The van der Waals surface area contributed by atoms with Crippen molar-refractivity contribution in [1.82, 2.24) is 85.5 Å². The van der Waals surface area contributed by atoms with Crippen LogP contribution in [0.1, 0.15) is 159 Å². The molecule has 0 saturated carbocycles. The fourth-order valence-corrected chi connectivity index (χ4v) is 14.6. The first-order valence-corrected chi connectivity index (χ1v) is 35.2. The summed E-state index contributed by atoms with van der Waals surface area (Å²) in [5, 5.41) is 60.4. The highest BCUT2D eigenvalue weighted by atomic mass is 16.6. The van der Waals surface area contributed by atoms with E-state index in [-0.39, 0.29) is 76.2 Å². The molecule has 9 N–H and O–H groups in total. The summed E-state index contributed by atoms with van der Waals surface area (Å²) in [7, 11) is 0. The third kappa shape index (κ3) is 18.2. The van der Waals surface area contributed by atoms with E-state index in [1.54, 1.807) is 102 Å². The maximum Gasteiger partial charge on any atom is 0.411 e. The first-order chi connectivity index (χ1) is 48.9. The van der Waals surface area contributed by atoms with Crippen molar-refractivity contribution < 1.29 is 87.7 Å². The van der Waals surface area contributed by atoms with Gasteiger partial charge >= 0.3 is 18.2 Å². The molecule has 11 rings (SSSR count). The predicted octanol–water partition coefficient (Wildman–Crippen LogP) is 0.0307. The molecular formula is C70H105N17O18. The molecule has 8 fully saturated rings. The largest absolute Gasteiger partial charge is 0.480 e. The second-order valence-corrected chi connectivity index (χ2v) is 29.9. The molecule has 35 heteroatoms. The Morgan fingerprint density at radius 1 is 0.467 bits per heavy atom. The highest BCUT2D eigenvalue weighted by Gasteiger charge is 2.66. The lowest BCUT2D eigenvalue weighted by molar-refractivity contribution is -0.177. The zero-order valence-corrected chi connectivity index (χ0v) is 61.2. The second-order valence-electron chi connectivity index (χ2n) is 29.9. The van der Waals surface area contributed by atoms with Crippen LogP contribution in [0.5, 0.6) is 0 Å². The summed E-state index contributed by atoms with van der Waals surface area (Å²) in [5.41, 5.74) is -4.75. The average molecular weight is 1470 g/mol. The summed E-state index contributed by atoms with van der Waals surface area (Å²) >= 11 is 0. The topological polar surface area (TPSA) is 456 Å². The first kappa shape index (κ1) is 83.1. The first-order valence-electron chi connectivity index (χ1n) is 35.2. The Balaban J connectivity index is 0.000000196. The van der Waals surface area contributed by atoms with E-state index in [0.29, 0.717) is 75.8 Å². The molecule has 11 heterocycles. The molecule has 0 radical (unpaired) electrons. The number of β-lactam (4-membered cyclic amide) rings is 4. The Kier molecular flexibility index (Phi) is 26.9. The third-order valence-electron chi connectivity index (χ3n) is 19.4. The van der Waals surface area contributed by atoms with Gasteiger partial charge in [0, 0.05) is 69.3 Å². The van der Waals surface area contributed by atoms with Gasteiger partial charge in [0.2, 0.25) is 29.5 Å². The van der Waals surface area contributed by atoms with E-state index in [1.807, 2.05) is 13.8 Å². The Morgan fingerprint density at radius 3 is 1.04 bits per heavy atom. The van der Waals surface area contributed by atoms with E-state index in [4.69, 9.17) is 9.47 Å². The minimum Gasteiger partial charge on any atom is -0.480 e. The van der Waals surface area contributed by atoms with Gasteiger partial charge in [-0.1, -0.05) is 21.3 Å². The number of aliphatic hydroxyl groups excluding tert-OH is 4. The molecule has 3 aromatic heterocycles. The molecule has 35 nitrogen and oxygen atoms in total. The van der Waals surface area contributed by atoms with Crippen molar-refractivity contribution in [2.45, 2.75) is 243 Å². The van der Waals surface area contributed by atoms with Gasteiger partial charge in [-0.05, 0) is 145 Å². The van der Waals surface area contributed by atoms with Crippen LogP contribution < -0.4 is 21.3 Å². The van der Waals surface area contributed by atoms with E-state index in [0.717, 1.165) is 30.7 Å². The van der Waals surface area contributed by atoms with Crippen molar-refractivity contribution in [3.8, 4) is 0 Å². The van der Waals surface area contributed by atoms with Gasteiger partial charge in [0.1, 0.15) is 69.0 Å². The number of carbonyl (C=O) groups excluding carboxylic acids is 10. The minimum atomic E-state index is -1.30. The number of carbonyl (C=O) groups is 11. The number of carboxylic acid groups (broad SMARTS) is 1. The lowest BCUT2D eigenvalue weighted by atomic mass is 9.82. The lowest BCUT2D eigenvalue weighted by Crippen LogP contribution is -2.77. The monoisotopic (exact) mass is 1470 g/mol. The molecule has 4 unspecified atom stereocenters. The molecule has 8 saturated heterocycles. The Hall–Kier alpha value is -9.19. The quantitative estimate of drug-likeness (QED) is 0.0715. The summed E-state index contributed by atoms with van der Waals surface area (Å²) < 4.78 is 10.8. The van der Waals surface area contributed by atoms with Crippen molar-refractivity contribution in [3.05, 3.63) is 72.9 Å². The number of aromatic nitrogens is 6. The number of ether oxygens (including phenoxy) is 2. The molecule has 0 bridgehead atoms. The van der Waals surface area contributed by atoms with Crippen LogP contribution >= 0.6 is 0 Å². The number of amides is 10. The highest BCUT2D eigenvalue weighted by molar-refractivity contribution is 6.02. The van der Waals surface area contributed by atoms with Crippen molar-refractivity contribution >= 4 is 65.4 Å². The molecule has 10 amide bonds. The Morgan fingerprint density at radius 2 is 0.771 bits per heavy atom. The number of nitrogens with one attached hydrogen (secondary N) is 4. The number of aliphatic carboxylic acids is 1. The molecule has 105 heavy (non-hydrogen) atoms. The number of hydrogen-bond donors (Lipinski definition) is 9. The molecule has 578 valence electrons. The SMILES string of the molecule is C.CC(C)C(=O)N1CCCC12CN([C@H](C(=O)NCc1ncccn1)[C@@H](C)O)C2=O.C[C@@H](O)[C@@H](C(=O)NCc1ncccn1)N1CC2(CCCN2)C1=O.C[C@@H](O)[C@@H](C(=O)NCc1ncccn1)N1CC2(CCCN2C(=O)OC(C)(C)C)C1=O.C[C@@H](O)[C@@H](C(=O)O)N1CC2(CCCN2C(=O)OC(C)(C)C)C1=O. The van der Waals surface area contributed by atoms with Crippen LogP contribution in [-0.2, 0) is 72.3 Å². The van der Waals surface area contributed by atoms with Crippen LogP contribution in [0.3, 0.4) is 0 Å². The van der Waals surface area contributed by atoms with Crippen LogP contribution in [0.15, 0.2) is 55.4 Å². The summed E-state index contributed by atoms with van der Waals surface area (Å²) in [6.07, 6.45) is 9.50. The number of hydrogen-bond acceptors (Lipinski definition) is 24. The van der Waals surface area contributed by atoms with Crippen LogP contribution in [0, 0.1) is 5.92 Å². The summed E-state index contributed by atoms with van der Waals surface area (Å²) in [5.74, 6) is -2.67. The standard InChI is InChI=1S/C20H29N5O5.C19H27N5O4.C15H21N5O3.C15H24N2O6.CH4/c1-13(26)15(16(27)23-11-14-21-8-6-9-22-14)24-12-20(17(24)28)7-5-10-25(20)18(29)30-19(2,3)4;1-12(2)17(27)24-9-4-6-19(24)11-23(18(19)28)15(13(3)25)16(26)22-10-14-20-7-5-8-21-14;1-10(21)12(13(22)18-8-11-16-5-3-6-17-11)20-9-15(14(20)23)4-2-7-19-15;1-9(18)10(11(19)20)16-8-15(12(16)21)6-5-7-17(15)13(22)23-14(2,3)4;/h6,8-9,13,15,26H,5,7,10-12H2,1-4H3,(H,23,27);5,7-8,12-13,15,25H,4,6,9-11H2,1-3H3,(H,22,26);3,5-6,10,12,19,21H,2,4,7-9H2,1H3,(H,18,22);9-10,18H,5-8H2,1-4H3,(H,19,20);1H4/t13-,15+,20?;13-,15+,19?;10-,12+,15?;9-,10+,15?;/m1111./s1. The molecular weight excluding hydrogens is 1370 g/mol. The highest BCUT2D eigenvalue weighted by Crippen LogP contribution is 2.44. The molecule has 0 aromatic carbocycles. The molecule has 0 aliphatic carbocycles. The lowest BCUT2D eigenvalue weighted by Gasteiger charge is -2.54. The third-order valence-corrected chi connectivity index (χ3v) is 19.4. The van der Waals surface area contributed by atoms with Gasteiger partial charge in [-0.25, -0.2) is 44.3 Å². The Labute approximate surface area is 611 Å². The summed E-state index contributed by atoms with van der Waals surface area (Å²) in [4.78, 5) is 172. The smallest absolute Gasteiger partial charge is 0.411 e. The predicted molar refractivity (Wildman–Crippen MR) is 373 cm³/mol. The van der Waals surface area contributed by atoms with Crippen molar-refractivity contribution in [2.75, 3.05) is 52.4 Å². The minimum absolute atomic E-state index is 0. The number of likely N-dealkylation sites (tertiary alicyclic amines) is 7. The molecule has 12 atom stereocenters. The van der Waals surface area contributed by atoms with Crippen molar-refractivity contribution in [1.29, 1.82) is 0 Å². The second kappa shape index (κ2) is 33.9. The van der Waals surface area contributed by atoms with Crippen molar-refractivity contribution in [2.24, 2.45) is 5.92 Å². The van der Waals surface area contributed by atoms with E-state index < -0.39 is 124 Å². The normalized spacial score (nSPS) is 24.5. The Bertz CT molecular complexity index is 3600. The molecule has 8 aliphatic heterocycles. The van der Waals surface area contributed by atoms with Crippen LogP contribution in [0.25, 0.3) is 0 Å². The molecule has 8 aliphatic rings. The number of aliphatic hydroxyl groups is 4. The van der Waals surface area contributed by atoms with Gasteiger partial charge < -0.3 is 80.8 Å². The summed E-state index contributed by atoms with van der Waals surface area (Å²) in [6.45, 7) is 23.5. The van der Waals surface area contributed by atoms with E-state index >= 15 is 0 Å². The van der Waals surface area contributed by atoms with Gasteiger partial charge in [-0.3, -0.25) is 48.2 Å². The fraction of sp³-hybridized carbons (Fsp3) is 0.671. The summed E-state index contributed by atoms with van der Waals surface area (Å²) in [6, 6.07) is 0.768. The fourth-order valence-electron chi connectivity index (χ4n) is 14.6. The zero-order valence-electron chi connectivity index (χ0n) is 61.2. The van der Waals surface area contributed by atoms with Gasteiger partial charge in [0.25, 0.3) is 17.7 Å². The zero-order chi connectivity index (χ0) is 76.6. The average Bonchev–Trinajstić information content (AvgIpc) is 1.65. The van der Waals surface area contributed by atoms with Crippen LogP contribution in [-0.4, -0.2) is 289 Å². The van der Waals surface area contributed by atoms with Crippen LogP contribution in [0.2, 0.25) is 0 Å². The van der Waals surface area contributed by atoms with Gasteiger partial charge in [-0.15, -0.1) is 0 Å². The van der Waals surface area contributed by atoms with E-state index in [1.165, 1.54) is 52.2 Å². The van der Waals surface area contributed by atoms with E-state index in [2.05, 4.69) is 51.2 Å². The van der Waals surface area contributed by atoms with Crippen molar-refractivity contribution in [3.63, 3.8) is 0 Å². The van der Waals surface area contributed by atoms with Gasteiger partial charge in [-0.2, -0.15) is 0 Å². The van der Waals surface area contributed by atoms with Gasteiger partial charge in [0.05, 0.1) is 63.7 Å². The molecule has 4 spiro atoms.